The van der Waals surface area contributed by atoms with E-state index in [1.807, 2.05) is 31.7 Å². The molecule has 27 heavy (non-hydrogen) atoms. The van der Waals surface area contributed by atoms with Crippen LogP contribution in [0.15, 0.2) is 30.3 Å². The topological polar surface area (TPSA) is 75.3 Å². The van der Waals surface area contributed by atoms with Crippen LogP contribution < -0.4 is 5.73 Å². The van der Waals surface area contributed by atoms with Crippen molar-refractivity contribution < 1.29 is 4.79 Å². The molecule has 2 heterocycles. The van der Waals surface area contributed by atoms with Crippen molar-refractivity contribution in [3.63, 3.8) is 0 Å². The highest BCUT2D eigenvalue weighted by Gasteiger charge is 2.27. The Bertz CT molecular complexity index is 769. The number of nitrogens with zero attached hydrogens (tertiary/aromatic N) is 4. The summed E-state index contributed by atoms with van der Waals surface area (Å²) in [6, 6.07) is 10.6. The molecule has 0 saturated carbocycles. The number of hydrogen-bond acceptors (Lipinski definition) is 5. The molecule has 1 fully saturated rings. The van der Waals surface area contributed by atoms with E-state index in [4.69, 9.17) is 5.73 Å². The predicted molar refractivity (Wildman–Crippen MR) is 107 cm³/mol. The zero-order valence-corrected chi connectivity index (χ0v) is 16.5. The minimum atomic E-state index is 0.00834. The number of nitrogen functional groups attached to an aromatic ring is 1. The quantitative estimate of drug-likeness (QED) is 0.849. The first-order valence-corrected chi connectivity index (χ1v) is 9.64. The van der Waals surface area contributed by atoms with Crippen molar-refractivity contribution >= 4 is 11.9 Å². The number of aromatic nitrogens is 2. The molecule has 2 N–H and O–H groups in total. The highest BCUT2D eigenvalue weighted by Crippen LogP contribution is 2.21. The van der Waals surface area contributed by atoms with Crippen molar-refractivity contribution in [1.82, 2.24) is 19.8 Å². The average Bonchev–Trinajstić information content (AvgIpc) is 3.06. The lowest BCUT2D eigenvalue weighted by Gasteiger charge is -2.26. The number of anilines is 1. The summed E-state index contributed by atoms with van der Waals surface area (Å²) in [6.07, 6.45) is 1.12. The summed E-state index contributed by atoms with van der Waals surface area (Å²) >= 11 is 0. The van der Waals surface area contributed by atoms with Crippen molar-refractivity contribution in [3.05, 3.63) is 52.8 Å². The summed E-state index contributed by atoms with van der Waals surface area (Å²) in [6.45, 7) is 10.2. The minimum absolute atomic E-state index is 0.00834. The van der Waals surface area contributed by atoms with E-state index >= 15 is 0 Å². The van der Waals surface area contributed by atoms with Gasteiger partial charge in [0.1, 0.15) is 0 Å². The molecule has 2 aromatic rings. The third-order valence-corrected chi connectivity index (χ3v) is 5.27. The maximum atomic E-state index is 13.1. The third kappa shape index (κ3) is 4.63. The van der Waals surface area contributed by atoms with Crippen molar-refractivity contribution in [2.24, 2.45) is 5.92 Å². The van der Waals surface area contributed by atoms with Gasteiger partial charge in [0.2, 0.25) is 5.95 Å². The number of hydrogen-bond donors (Lipinski definition) is 1. The second-order valence-corrected chi connectivity index (χ2v) is 7.35. The zero-order chi connectivity index (χ0) is 19.4. The number of carbonyl (C=O) groups excluding carboxylic acids is 1. The molecule has 1 unspecified atom stereocenters. The van der Waals surface area contributed by atoms with Crippen molar-refractivity contribution in [2.45, 2.75) is 33.7 Å². The van der Waals surface area contributed by atoms with Gasteiger partial charge < -0.3 is 10.6 Å². The van der Waals surface area contributed by atoms with Crippen LogP contribution in [-0.4, -0.2) is 51.9 Å². The number of aryl methyl sites for hydroxylation is 2. The standard InChI is InChI=1S/C21H29N5O/c1-4-26(20(27)19-15(2)23-21(22)24-16(19)3)14-18-10-11-25(13-18)12-17-8-6-5-7-9-17/h5-9,18H,4,10-14H2,1-3H3,(H2,22,23,24). The van der Waals surface area contributed by atoms with Gasteiger partial charge in [-0.05, 0) is 45.2 Å². The second-order valence-electron chi connectivity index (χ2n) is 7.35. The fourth-order valence-electron chi connectivity index (χ4n) is 3.92. The van der Waals surface area contributed by atoms with Gasteiger partial charge in [-0.25, -0.2) is 9.97 Å². The number of nitrogens with two attached hydrogens (primary N) is 1. The maximum absolute atomic E-state index is 13.1. The van der Waals surface area contributed by atoms with Crippen LogP contribution in [0.2, 0.25) is 0 Å². The molecule has 0 aliphatic carbocycles. The molecule has 1 aromatic carbocycles. The summed E-state index contributed by atoms with van der Waals surface area (Å²) < 4.78 is 0. The van der Waals surface area contributed by atoms with E-state index in [0.29, 0.717) is 29.4 Å². The summed E-state index contributed by atoms with van der Waals surface area (Å²) in [5.41, 5.74) is 8.93. The molecule has 0 bridgehead atoms. The minimum Gasteiger partial charge on any atom is -0.368 e. The summed E-state index contributed by atoms with van der Waals surface area (Å²) in [7, 11) is 0. The van der Waals surface area contributed by atoms with E-state index in [9.17, 15) is 4.79 Å². The fraction of sp³-hybridized carbons (Fsp3) is 0.476. The van der Waals surface area contributed by atoms with E-state index in [1.54, 1.807) is 0 Å². The molecule has 0 radical (unpaired) electrons. The number of amides is 1. The lowest BCUT2D eigenvalue weighted by molar-refractivity contribution is 0.0736. The molecule has 3 rings (SSSR count). The van der Waals surface area contributed by atoms with Gasteiger partial charge in [0.05, 0.1) is 17.0 Å². The molecule has 1 aliphatic rings. The van der Waals surface area contributed by atoms with Gasteiger partial charge in [-0.15, -0.1) is 0 Å². The first kappa shape index (κ1) is 19.3. The van der Waals surface area contributed by atoms with Crippen LogP contribution in [0, 0.1) is 19.8 Å². The first-order chi connectivity index (χ1) is 13.0. The van der Waals surface area contributed by atoms with E-state index in [0.717, 1.165) is 32.6 Å². The molecule has 1 aromatic heterocycles. The molecular weight excluding hydrogens is 338 g/mol. The Hall–Kier alpha value is -2.47. The number of benzene rings is 1. The Balaban J connectivity index is 1.63. The van der Waals surface area contributed by atoms with Gasteiger partial charge in [0, 0.05) is 26.2 Å². The number of rotatable bonds is 6. The van der Waals surface area contributed by atoms with Gasteiger partial charge in [0.25, 0.3) is 5.91 Å². The van der Waals surface area contributed by atoms with Crippen LogP contribution >= 0.6 is 0 Å². The van der Waals surface area contributed by atoms with Crippen LogP contribution in [0.5, 0.6) is 0 Å². The van der Waals surface area contributed by atoms with E-state index in [1.165, 1.54) is 5.56 Å². The molecular formula is C21H29N5O. The van der Waals surface area contributed by atoms with Gasteiger partial charge in [-0.3, -0.25) is 9.69 Å². The van der Waals surface area contributed by atoms with Gasteiger partial charge in [-0.2, -0.15) is 0 Å². The van der Waals surface area contributed by atoms with E-state index < -0.39 is 0 Å². The highest BCUT2D eigenvalue weighted by atomic mass is 16.2. The second kappa shape index (κ2) is 8.48. The molecule has 6 heteroatoms. The van der Waals surface area contributed by atoms with Crippen LogP contribution in [0.3, 0.4) is 0 Å². The summed E-state index contributed by atoms with van der Waals surface area (Å²) in [4.78, 5) is 25.8. The Morgan fingerprint density at radius 1 is 1.22 bits per heavy atom. The van der Waals surface area contributed by atoms with Crippen molar-refractivity contribution in [2.75, 3.05) is 31.9 Å². The Labute approximate surface area is 161 Å². The summed E-state index contributed by atoms with van der Waals surface area (Å²) in [5.74, 6) is 0.721. The largest absolute Gasteiger partial charge is 0.368 e. The van der Waals surface area contributed by atoms with Crippen LogP contribution in [0.25, 0.3) is 0 Å². The molecule has 0 spiro atoms. The summed E-state index contributed by atoms with van der Waals surface area (Å²) in [5, 5.41) is 0. The smallest absolute Gasteiger partial charge is 0.257 e. The molecule has 6 nitrogen and oxygen atoms in total. The van der Waals surface area contributed by atoms with E-state index in [-0.39, 0.29) is 11.9 Å². The van der Waals surface area contributed by atoms with Crippen LogP contribution in [0.1, 0.15) is 40.7 Å². The SMILES string of the molecule is CCN(CC1CCN(Cc2ccccc2)C1)C(=O)c1c(C)nc(N)nc1C. The molecule has 1 aliphatic heterocycles. The number of carbonyl (C=O) groups is 1. The zero-order valence-electron chi connectivity index (χ0n) is 16.5. The molecule has 1 atom stereocenters. The number of likely N-dealkylation sites (tertiary alicyclic amines) is 1. The maximum Gasteiger partial charge on any atom is 0.257 e. The van der Waals surface area contributed by atoms with Crippen molar-refractivity contribution in [3.8, 4) is 0 Å². The predicted octanol–water partition coefficient (Wildman–Crippen LogP) is 2.66. The van der Waals surface area contributed by atoms with Gasteiger partial charge in [0.15, 0.2) is 0 Å². The van der Waals surface area contributed by atoms with Gasteiger partial charge in [-0.1, -0.05) is 30.3 Å². The third-order valence-electron chi connectivity index (χ3n) is 5.27. The lowest BCUT2D eigenvalue weighted by Crippen LogP contribution is -2.37. The lowest BCUT2D eigenvalue weighted by atomic mass is 10.1. The van der Waals surface area contributed by atoms with Gasteiger partial charge >= 0.3 is 0 Å². The molecule has 1 amide bonds. The Morgan fingerprint density at radius 3 is 2.52 bits per heavy atom. The van der Waals surface area contributed by atoms with E-state index in [2.05, 4.69) is 39.1 Å². The Morgan fingerprint density at radius 2 is 1.89 bits per heavy atom. The first-order valence-electron chi connectivity index (χ1n) is 9.64. The molecule has 1 saturated heterocycles. The van der Waals surface area contributed by atoms with Crippen LogP contribution in [-0.2, 0) is 6.54 Å². The Kier molecular flexibility index (Phi) is 6.06. The molecule has 144 valence electrons. The van der Waals surface area contributed by atoms with Crippen molar-refractivity contribution in [1.29, 1.82) is 0 Å². The average molecular weight is 367 g/mol. The highest BCUT2D eigenvalue weighted by molar-refractivity contribution is 5.96. The van der Waals surface area contributed by atoms with Crippen LogP contribution in [0.4, 0.5) is 5.95 Å². The monoisotopic (exact) mass is 367 g/mol. The normalized spacial score (nSPS) is 17.2. The fourth-order valence-corrected chi connectivity index (χ4v) is 3.92.